The minimum Gasteiger partial charge on any atom is -0.497 e. The molecule has 0 spiro atoms. The van der Waals surface area contributed by atoms with Gasteiger partial charge in [0.25, 0.3) is 0 Å². The second-order valence-electron chi connectivity index (χ2n) is 4.29. The maximum Gasteiger partial charge on any atom is 0.118 e. The first-order chi connectivity index (χ1) is 10.3. The van der Waals surface area contributed by atoms with Crippen LogP contribution in [0.4, 0.5) is 0 Å². The van der Waals surface area contributed by atoms with Crippen molar-refractivity contribution in [1.29, 1.82) is 0 Å². The second-order valence-corrected chi connectivity index (χ2v) is 4.29. The van der Waals surface area contributed by atoms with E-state index in [1.54, 1.807) is 26.7 Å². The molecule has 3 heteroatoms. The highest BCUT2D eigenvalue weighted by molar-refractivity contribution is 5.51. The first kappa shape index (κ1) is 14.7. The molecule has 0 unspecified atom stereocenters. The van der Waals surface area contributed by atoms with Gasteiger partial charge in [0.1, 0.15) is 11.5 Å². The summed E-state index contributed by atoms with van der Waals surface area (Å²) in [6.45, 7) is 0. The molecule has 2 aromatic carbocycles. The lowest BCUT2D eigenvalue weighted by Gasteiger charge is -1.99. The van der Waals surface area contributed by atoms with Crippen LogP contribution in [0.15, 0.2) is 61.1 Å². The van der Waals surface area contributed by atoms with Gasteiger partial charge in [0.05, 0.1) is 26.7 Å². The van der Waals surface area contributed by atoms with Gasteiger partial charge in [-0.25, -0.2) is 0 Å². The topological polar surface area (TPSA) is 27.7 Å². The molecule has 0 aliphatic carbocycles. The Kier molecular flexibility index (Phi) is 5.47. The molecular weight excluding hydrogens is 264 g/mol. The zero-order valence-electron chi connectivity index (χ0n) is 12.2. The molecule has 0 aromatic heterocycles. The molecule has 0 N–H and O–H groups in total. The summed E-state index contributed by atoms with van der Waals surface area (Å²) in [5.41, 5.74) is 2.10. The monoisotopic (exact) mass is 282 g/mol. The molecule has 3 nitrogen and oxygen atoms in total. The summed E-state index contributed by atoms with van der Waals surface area (Å²) < 4.78 is 15.5. The number of benzene rings is 2. The van der Waals surface area contributed by atoms with Gasteiger partial charge in [0, 0.05) is 0 Å². The summed E-state index contributed by atoms with van der Waals surface area (Å²) in [6, 6.07) is 15.5. The lowest BCUT2D eigenvalue weighted by Crippen LogP contribution is -1.81. The Labute approximate surface area is 125 Å². The summed E-state index contributed by atoms with van der Waals surface area (Å²) in [4.78, 5) is 0. The average molecular weight is 282 g/mol. The molecule has 0 saturated heterocycles. The Balaban J connectivity index is 1.84. The maximum atomic E-state index is 5.33. The normalized spacial score (nSPS) is 11.0. The molecule has 0 saturated carbocycles. The van der Waals surface area contributed by atoms with Gasteiger partial charge in [0.2, 0.25) is 0 Å². The van der Waals surface area contributed by atoms with Crippen LogP contribution in [-0.2, 0) is 4.74 Å². The predicted molar refractivity (Wildman–Crippen MR) is 85.1 cm³/mol. The van der Waals surface area contributed by atoms with Crippen molar-refractivity contribution in [1.82, 2.24) is 0 Å². The van der Waals surface area contributed by atoms with Crippen molar-refractivity contribution < 1.29 is 14.2 Å². The van der Waals surface area contributed by atoms with Gasteiger partial charge >= 0.3 is 0 Å². The van der Waals surface area contributed by atoms with Crippen LogP contribution in [0.5, 0.6) is 11.5 Å². The van der Waals surface area contributed by atoms with E-state index in [1.165, 1.54) is 0 Å². The van der Waals surface area contributed by atoms with E-state index < -0.39 is 0 Å². The van der Waals surface area contributed by atoms with Crippen molar-refractivity contribution in [3.05, 3.63) is 72.2 Å². The highest BCUT2D eigenvalue weighted by atomic mass is 16.5. The van der Waals surface area contributed by atoms with Crippen molar-refractivity contribution >= 4 is 12.2 Å². The molecular formula is C18H18O3. The summed E-state index contributed by atoms with van der Waals surface area (Å²) in [6.07, 6.45) is 7.05. The number of methoxy groups -OCH3 is 2. The average Bonchev–Trinajstić information content (AvgIpc) is 2.55. The van der Waals surface area contributed by atoms with Gasteiger partial charge in [-0.2, -0.15) is 0 Å². The van der Waals surface area contributed by atoms with Gasteiger partial charge in [-0.05, 0) is 47.5 Å². The highest BCUT2D eigenvalue weighted by Gasteiger charge is 1.90. The molecule has 0 aliphatic heterocycles. The quantitative estimate of drug-likeness (QED) is 0.737. The predicted octanol–water partition coefficient (Wildman–Crippen LogP) is 4.36. The van der Waals surface area contributed by atoms with Crippen LogP contribution in [0.2, 0.25) is 0 Å². The van der Waals surface area contributed by atoms with Crippen molar-refractivity contribution in [3.8, 4) is 11.5 Å². The maximum absolute atomic E-state index is 5.33. The standard InChI is InChI=1S/C18H18O3/c1-19-17-7-3-15(4-8-17)11-13-21-14-12-16-5-9-18(20-2)10-6-16/h3-14H,1-2H3/b13-11+,14-12+. The van der Waals surface area contributed by atoms with Crippen molar-refractivity contribution in [2.24, 2.45) is 0 Å². The Hall–Kier alpha value is -2.68. The molecule has 0 aliphatic rings. The van der Waals surface area contributed by atoms with Crippen LogP contribution in [-0.4, -0.2) is 14.2 Å². The van der Waals surface area contributed by atoms with E-state index in [0.29, 0.717) is 0 Å². The van der Waals surface area contributed by atoms with Gasteiger partial charge < -0.3 is 14.2 Å². The summed E-state index contributed by atoms with van der Waals surface area (Å²) in [5.74, 6) is 1.68. The minimum atomic E-state index is 0.840. The molecule has 0 heterocycles. The number of hydrogen-bond acceptors (Lipinski definition) is 3. The van der Waals surface area contributed by atoms with Gasteiger partial charge in [-0.15, -0.1) is 0 Å². The lowest BCUT2D eigenvalue weighted by atomic mass is 10.2. The third kappa shape index (κ3) is 4.73. The van der Waals surface area contributed by atoms with Crippen LogP contribution in [0, 0.1) is 0 Å². The third-order valence-corrected chi connectivity index (χ3v) is 2.91. The zero-order valence-corrected chi connectivity index (χ0v) is 12.2. The molecule has 2 rings (SSSR count). The van der Waals surface area contributed by atoms with Crippen LogP contribution in [0.25, 0.3) is 12.2 Å². The molecule has 0 fully saturated rings. The van der Waals surface area contributed by atoms with Gasteiger partial charge in [-0.3, -0.25) is 0 Å². The van der Waals surface area contributed by atoms with E-state index in [9.17, 15) is 0 Å². The third-order valence-electron chi connectivity index (χ3n) is 2.91. The van der Waals surface area contributed by atoms with Crippen LogP contribution in [0.1, 0.15) is 11.1 Å². The first-order valence-corrected chi connectivity index (χ1v) is 6.58. The van der Waals surface area contributed by atoms with E-state index in [4.69, 9.17) is 14.2 Å². The molecule has 0 radical (unpaired) electrons. The molecule has 2 aromatic rings. The molecule has 0 bridgehead atoms. The fourth-order valence-corrected chi connectivity index (χ4v) is 1.71. The van der Waals surface area contributed by atoms with E-state index in [2.05, 4.69) is 0 Å². The second kappa shape index (κ2) is 7.80. The molecule has 0 atom stereocenters. The Morgan fingerprint density at radius 3 is 1.33 bits per heavy atom. The Morgan fingerprint density at radius 1 is 0.619 bits per heavy atom. The van der Waals surface area contributed by atoms with Crippen molar-refractivity contribution in [2.75, 3.05) is 14.2 Å². The van der Waals surface area contributed by atoms with Gasteiger partial charge in [0.15, 0.2) is 0 Å². The fraction of sp³-hybridized carbons (Fsp3) is 0.111. The van der Waals surface area contributed by atoms with Crippen LogP contribution >= 0.6 is 0 Å². The number of hydrogen-bond donors (Lipinski definition) is 0. The molecule has 108 valence electrons. The molecule has 21 heavy (non-hydrogen) atoms. The van der Waals surface area contributed by atoms with Crippen LogP contribution in [0.3, 0.4) is 0 Å². The largest absolute Gasteiger partial charge is 0.497 e. The van der Waals surface area contributed by atoms with E-state index in [1.807, 2.05) is 60.7 Å². The van der Waals surface area contributed by atoms with E-state index >= 15 is 0 Å². The van der Waals surface area contributed by atoms with Crippen molar-refractivity contribution in [3.63, 3.8) is 0 Å². The zero-order chi connectivity index (χ0) is 14.9. The van der Waals surface area contributed by atoms with Gasteiger partial charge in [-0.1, -0.05) is 24.3 Å². The fourth-order valence-electron chi connectivity index (χ4n) is 1.71. The Bertz CT molecular complexity index is 540. The number of ether oxygens (including phenoxy) is 3. The summed E-state index contributed by atoms with van der Waals surface area (Å²) >= 11 is 0. The number of rotatable bonds is 6. The van der Waals surface area contributed by atoms with Crippen molar-refractivity contribution in [2.45, 2.75) is 0 Å². The van der Waals surface area contributed by atoms with Crippen LogP contribution < -0.4 is 9.47 Å². The first-order valence-electron chi connectivity index (χ1n) is 6.58. The molecule has 0 amide bonds. The SMILES string of the molecule is COc1ccc(/C=C/O/C=C/c2ccc(OC)cc2)cc1. The highest BCUT2D eigenvalue weighted by Crippen LogP contribution is 2.13. The Morgan fingerprint density at radius 2 is 1.00 bits per heavy atom. The smallest absolute Gasteiger partial charge is 0.118 e. The van der Waals surface area contributed by atoms with E-state index in [-0.39, 0.29) is 0 Å². The lowest BCUT2D eigenvalue weighted by molar-refractivity contribution is 0.409. The summed E-state index contributed by atoms with van der Waals surface area (Å²) in [5, 5.41) is 0. The summed E-state index contributed by atoms with van der Waals surface area (Å²) in [7, 11) is 3.30. The van der Waals surface area contributed by atoms with E-state index in [0.717, 1.165) is 22.6 Å². The minimum absolute atomic E-state index is 0.840.